The highest BCUT2D eigenvalue weighted by molar-refractivity contribution is 6.34. The largest absolute Gasteiger partial charge is 0.391 e. The van der Waals surface area contributed by atoms with E-state index in [4.69, 9.17) is 10.8 Å². The minimum atomic E-state index is -0.955. The Morgan fingerprint density at radius 2 is 2.17 bits per heavy atom. The van der Waals surface area contributed by atoms with Crippen LogP contribution in [0.4, 0.5) is 0 Å². The van der Waals surface area contributed by atoms with Crippen LogP contribution >= 0.6 is 0 Å². The smallest absolute Gasteiger partial charge is 0.311 e. The van der Waals surface area contributed by atoms with E-state index in [1.807, 2.05) is 0 Å². The number of likely N-dealkylation sites (tertiary alicyclic amines) is 1. The van der Waals surface area contributed by atoms with Gasteiger partial charge in [0.1, 0.15) is 0 Å². The number of nitrogens with zero attached hydrogens (tertiary/aromatic N) is 1. The first kappa shape index (κ1) is 8.99. The highest BCUT2D eigenvalue weighted by Gasteiger charge is 2.24. The van der Waals surface area contributed by atoms with E-state index in [9.17, 15) is 9.59 Å². The summed E-state index contributed by atoms with van der Waals surface area (Å²) >= 11 is 0. The van der Waals surface area contributed by atoms with E-state index in [1.54, 1.807) is 0 Å². The molecule has 1 aliphatic heterocycles. The number of amides is 2. The number of piperidine rings is 1. The molecule has 1 aliphatic rings. The monoisotopic (exact) mass is 172 g/mol. The van der Waals surface area contributed by atoms with Crippen LogP contribution in [0.5, 0.6) is 0 Å². The molecule has 12 heavy (non-hydrogen) atoms. The molecule has 5 nitrogen and oxygen atoms in total. The van der Waals surface area contributed by atoms with Crippen molar-refractivity contribution in [2.75, 3.05) is 13.1 Å². The van der Waals surface area contributed by atoms with Gasteiger partial charge in [-0.1, -0.05) is 0 Å². The van der Waals surface area contributed by atoms with Gasteiger partial charge in [-0.05, 0) is 12.8 Å². The summed E-state index contributed by atoms with van der Waals surface area (Å²) < 4.78 is 0. The first-order chi connectivity index (χ1) is 5.61. The molecule has 1 rings (SSSR count). The summed E-state index contributed by atoms with van der Waals surface area (Å²) in [6.45, 7) is 0.737. The van der Waals surface area contributed by atoms with Crippen molar-refractivity contribution in [2.24, 2.45) is 5.73 Å². The summed E-state index contributed by atoms with van der Waals surface area (Å²) in [5.74, 6) is -1.65. The van der Waals surface area contributed by atoms with Crippen LogP contribution < -0.4 is 5.73 Å². The normalized spacial score (nSPS) is 23.8. The standard InChI is InChI=1S/C7H12N2O3/c8-6(11)7(12)9-3-1-2-5(10)4-9/h5,10H,1-4H2,(H2,8,11)/t5-/m0/s1. The summed E-state index contributed by atoms with van der Waals surface area (Å²) in [4.78, 5) is 22.7. The summed E-state index contributed by atoms with van der Waals surface area (Å²) in [5.41, 5.74) is 4.80. The molecule has 0 aromatic carbocycles. The van der Waals surface area contributed by atoms with Crippen LogP contribution in [-0.2, 0) is 9.59 Å². The molecule has 2 amide bonds. The lowest BCUT2D eigenvalue weighted by Crippen LogP contribution is -2.47. The molecule has 0 aromatic rings. The molecule has 0 aliphatic carbocycles. The SMILES string of the molecule is NC(=O)C(=O)N1CCC[C@H](O)C1. The van der Waals surface area contributed by atoms with E-state index in [1.165, 1.54) is 4.90 Å². The highest BCUT2D eigenvalue weighted by Crippen LogP contribution is 2.09. The van der Waals surface area contributed by atoms with Crippen LogP contribution in [0.15, 0.2) is 0 Å². The molecule has 0 unspecified atom stereocenters. The van der Waals surface area contributed by atoms with Crippen molar-refractivity contribution in [1.29, 1.82) is 0 Å². The summed E-state index contributed by atoms with van der Waals surface area (Å²) in [5, 5.41) is 9.16. The molecular weight excluding hydrogens is 160 g/mol. The highest BCUT2D eigenvalue weighted by atomic mass is 16.3. The molecular formula is C7H12N2O3. The van der Waals surface area contributed by atoms with Crippen LogP contribution in [0.3, 0.4) is 0 Å². The Labute approximate surface area is 70.1 Å². The number of aliphatic hydroxyl groups excluding tert-OH is 1. The number of carbonyl (C=O) groups excluding carboxylic acids is 2. The topological polar surface area (TPSA) is 83.6 Å². The zero-order valence-electron chi connectivity index (χ0n) is 6.69. The van der Waals surface area contributed by atoms with Gasteiger partial charge in [0.15, 0.2) is 0 Å². The molecule has 3 N–H and O–H groups in total. The Bertz CT molecular complexity index is 205. The van der Waals surface area contributed by atoms with Crippen molar-refractivity contribution >= 4 is 11.8 Å². The van der Waals surface area contributed by atoms with Gasteiger partial charge in [-0.15, -0.1) is 0 Å². The summed E-state index contributed by atoms with van der Waals surface area (Å²) in [6.07, 6.45) is 0.893. The fourth-order valence-corrected chi connectivity index (χ4v) is 1.30. The Balaban J connectivity index is 2.51. The minimum Gasteiger partial charge on any atom is -0.391 e. The van der Waals surface area contributed by atoms with Gasteiger partial charge in [0.05, 0.1) is 6.10 Å². The van der Waals surface area contributed by atoms with Crippen LogP contribution in [0.1, 0.15) is 12.8 Å². The Morgan fingerprint density at radius 3 is 2.67 bits per heavy atom. The fourth-order valence-electron chi connectivity index (χ4n) is 1.30. The maximum absolute atomic E-state index is 11.0. The van der Waals surface area contributed by atoms with Gasteiger partial charge >= 0.3 is 11.8 Å². The third-order valence-electron chi connectivity index (χ3n) is 1.89. The molecule has 68 valence electrons. The average Bonchev–Trinajstić information content (AvgIpc) is 2.03. The average molecular weight is 172 g/mol. The molecule has 0 aromatic heterocycles. The lowest BCUT2D eigenvalue weighted by Gasteiger charge is -2.28. The number of aliphatic hydroxyl groups is 1. The van der Waals surface area contributed by atoms with Gasteiger partial charge in [-0.2, -0.15) is 0 Å². The second-order valence-electron chi connectivity index (χ2n) is 2.91. The lowest BCUT2D eigenvalue weighted by molar-refractivity contribution is -0.146. The molecule has 0 radical (unpaired) electrons. The number of carbonyl (C=O) groups is 2. The van der Waals surface area contributed by atoms with Crippen LogP contribution in [0.2, 0.25) is 0 Å². The fraction of sp³-hybridized carbons (Fsp3) is 0.714. The number of hydrogen-bond donors (Lipinski definition) is 2. The predicted octanol–water partition coefficient (Wildman–Crippen LogP) is -1.54. The van der Waals surface area contributed by atoms with Gasteiger partial charge in [0.25, 0.3) is 0 Å². The van der Waals surface area contributed by atoms with Gasteiger partial charge in [-0.25, -0.2) is 0 Å². The number of hydrogen-bond acceptors (Lipinski definition) is 3. The number of β-amino-alcohol motifs (C(OH)–C–C–N with tert-alkyl or cyclic N) is 1. The van der Waals surface area contributed by atoms with Crippen LogP contribution in [0.25, 0.3) is 0 Å². The third kappa shape index (κ3) is 1.94. The van der Waals surface area contributed by atoms with E-state index in [0.717, 1.165) is 6.42 Å². The van der Waals surface area contributed by atoms with Crippen molar-refractivity contribution in [2.45, 2.75) is 18.9 Å². The van der Waals surface area contributed by atoms with Crippen molar-refractivity contribution in [3.05, 3.63) is 0 Å². The van der Waals surface area contributed by atoms with Crippen molar-refractivity contribution < 1.29 is 14.7 Å². The van der Waals surface area contributed by atoms with Crippen molar-refractivity contribution in [3.63, 3.8) is 0 Å². The maximum atomic E-state index is 11.0. The van der Waals surface area contributed by atoms with Gasteiger partial charge in [-0.3, -0.25) is 9.59 Å². The molecule has 1 saturated heterocycles. The zero-order chi connectivity index (χ0) is 9.14. The van der Waals surface area contributed by atoms with E-state index >= 15 is 0 Å². The van der Waals surface area contributed by atoms with Crippen LogP contribution in [-0.4, -0.2) is 41.0 Å². The Kier molecular flexibility index (Phi) is 2.65. The van der Waals surface area contributed by atoms with Gasteiger partial charge < -0.3 is 15.7 Å². The molecule has 1 heterocycles. The van der Waals surface area contributed by atoms with E-state index in [0.29, 0.717) is 13.0 Å². The number of primary amides is 1. The summed E-state index contributed by atoms with van der Waals surface area (Å²) in [6, 6.07) is 0. The Hall–Kier alpha value is -1.10. The first-order valence-electron chi connectivity index (χ1n) is 3.88. The lowest BCUT2D eigenvalue weighted by atomic mass is 10.1. The van der Waals surface area contributed by atoms with Gasteiger partial charge in [0, 0.05) is 13.1 Å². The number of nitrogens with two attached hydrogens (primary N) is 1. The summed E-state index contributed by atoms with van der Waals surface area (Å²) in [7, 11) is 0. The quantitative estimate of drug-likeness (QED) is 0.434. The zero-order valence-corrected chi connectivity index (χ0v) is 6.69. The second kappa shape index (κ2) is 3.53. The first-order valence-corrected chi connectivity index (χ1v) is 3.88. The molecule has 0 spiro atoms. The molecule has 5 heteroatoms. The third-order valence-corrected chi connectivity index (χ3v) is 1.89. The van der Waals surface area contributed by atoms with Gasteiger partial charge in [0.2, 0.25) is 0 Å². The minimum absolute atomic E-state index is 0.224. The van der Waals surface area contributed by atoms with Crippen molar-refractivity contribution in [1.82, 2.24) is 4.90 Å². The van der Waals surface area contributed by atoms with E-state index in [2.05, 4.69) is 0 Å². The van der Waals surface area contributed by atoms with Crippen LogP contribution in [0, 0.1) is 0 Å². The van der Waals surface area contributed by atoms with Crippen molar-refractivity contribution in [3.8, 4) is 0 Å². The molecule has 1 fully saturated rings. The predicted molar refractivity (Wildman–Crippen MR) is 41.0 cm³/mol. The molecule has 0 saturated carbocycles. The molecule has 0 bridgehead atoms. The molecule has 1 atom stereocenters. The Morgan fingerprint density at radius 1 is 1.50 bits per heavy atom. The number of rotatable bonds is 0. The maximum Gasteiger partial charge on any atom is 0.311 e. The van der Waals surface area contributed by atoms with E-state index in [-0.39, 0.29) is 6.54 Å². The second-order valence-corrected chi connectivity index (χ2v) is 2.91. The van der Waals surface area contributed by atoms with E-state index < -0.39 is 17.9 Å².